The fourth-order valence-corrected chi connectivity index (χ4v) is 1.91. The van der Waals surface area contributed by atoms with Crippen molar-refractivity contribution >= 4 is 11.9 Å². The number of aromatic nitrogens is 2. The van der Waals surface area contributed by atoms with Crippen molar-refractivity contribution in [3.8, 4) is 17.2 Å². The van der Waals surface area contributed by atoms with E-state index in [0.29, 0.717) is 5.56 Å². The minimum absolute atomic E-state index is 0.0158. The number of nitrogens with one attached hydrogen (secondary N) is 1. The van der Waals surface area contributed by atoms with Gasteiger partial charge in [0, 0.05) is 18.7 Å². The van der Waals surface area contributed by atoms with Crippen molar-refractivity contribution in [3.05, 3.63) is 24.3 Å². The summed E-state index contributed by atoms with van der Waals surface area (Å²) in [4.78, 5) is 13.5. The number of nitrogens with zero attached hydrogens (tertiary/aromatic N) is 3. The molecule has 0 saturated carbocycles. The van der Waals surface area contributed by atoms with E-state index >= 15 is 0 Å². The summed E-state index contributed by atoms with van der Waals surface area (Å²) in [6.45, 7) is 0.308. The monoisotopic (exact) mass is 322 g/mol. The number of rotatable bonds is 8. The number of hydrogen-bond acceptors (Lipinski definition) is 8. The van der Waals surface area contributed by atoms with Gasteiger partial charge in [0.15, 0.2) is 0 Å². The number of carbonyl (C=O) groups is 1. The van der Waals surface area contributed by atoms with Gasteiger partial charge in [-0.15, -0.1) is 5.10 Å². The van der Waals surface area contributed by atoms with Gasteiger partial charge in [-0.1, -0.05) is 5.10 Å². The molecule has 124 valence electrons. The fraction of sp³-hybridized carbons (Fsp3) is 0.357. The maximum Gasteiger partial charge on any atom is 0.322 e. The van der Waals surface area contributed by atoms with Gasteiger partial charge in [0.2, 0.25) is 11.8 Å². The molecule has 0 bridgehead atoms. The molecule has 0 fully saturated rings. The largest absolute Gasteiger partial charge is 0.508 e. The first-order valence-electron chi connectivity index (χ1n) is 6.99. The van der Waals surface area contributed by atoms with Crippen LogP contribution in [0, 0.1) is 0 Å². The van der Waals surface area contributed by atoms with E-state index in [1.165, 1.54) is 12.1 Å². The summed E-state index contributed by atoms with van der Waals surface area (Å²) in [5.41, 5.74) is 0.609. The average Bonchev–Trinajstić information content (AvgIpc) is 2.96. The first-order valence-corrected chi connectivity index (χ1v) is 6.99. The third-order valence-electron chi connectivity index (χ3n) is 2.99. The molecular formula is C14H18N4O5. The lowest BCUT2D eigenvalue weighted by atomic mass is 10.2. The highest BCUT2D eigenvalue weighted by molar-refractivity contribution is 5.90. The van der Waals surface area contributed by atoms with Crippen LogP contribution in [0.15, 0.2) is 28.7 Å². The number of aliphatic hydroxyl groups excluding tert-OH is 2. The second-order valence-electron chi connectivity index (χ2n) is 4.73. The molecule has 0 aliphatic rings. The summed E-state index contributed by atoms with van der Waals surface area (Å²) in [5, 5.41) is 37.0. The topological polar surface area (TPSA) is 132 Å². The molecule has 0 atom stereocenters. The molecule has 4 N–H and O–H groups in total. The molecule has 0 aliphatic heterocycles. The number of anilines is 1. The number of carbonyl (C=O) groups excluding carboxylic acids is 1. The predicted molar refractivity (Wildman–Crippen MR) is 80.6 cm³/mol. The lowest BCUT2D eigenvalue weighted by molar-refractivity contribution is -0.117. The first-order chi connectivity index (χ1) is 11.1. The Morgan fingerprint density at radius 3 is 2.39 bits per heavy atom. The van der Waals surface area contributed by atoms with E-state index in [2.05, 4.69) is 15.5 Å². The Kier molecular flexibility index (Phi) is 6.03. The number of phenolic OH excluding ortho intramolecular Hbond substituents is 1. The SMILES string of the molecule is O=C(CN(CCO)CCO)Nc1nnc(-c2ccc(O)cc2)o1. The van der Waals surface area contributed by atoms with Gasteiger partial charge in [-0.3, -0.25) is 15.0 Å². The minimum Gasteiger partial charge on any atom is -0.508 e. The molecule has 1 heterocycles. The number of aromatic hydroxyl groups is 1. The standard InChI is InChI=1S/C14H18N4O5/c19-7-5-18(6-8-20)9-12(22)15-14-17-16-13(23-14)10-1-3-11(21)4-2-10/h1-4,19-21H,5-9H2,(H,15,17,22). The zero-order valence-corrected chi connectivity index (χ0v) is 12.3. The number of hydrogen-bond donors (Lipinski definition) is 4. The van der Waals surface area contributed by atoms with Crippen LogP contribution >= 0.6 is 0 Å². The zero-order valence-electron chi connectivity index (χ0n) is 12.3. The van der Waals surface area contributed by atoms with Crippen LogP contribution in [-0.4, -0.2) is 69.2 Å². The second-order valence-corrected chi connectivity index (χ2v) is 4.73. The molecule has 23 heavy (non-hydrogen) atoms. The molecule has 0 aliphatic carbocycles. The van der Waals surface area contributed by atoms with E-state index < -0.39 is 5.91 Å². The van der Waals surface area contributed by atoms with Crippen molar-refractivity contribution in [2.45, 2.75) is 0 Å². The fourth-order valence-electron chi connectivity index (χ4n) is 1.91. The minimum atomic E-state index is -0.396. The third-order valence-corrected chi connectivity index (χ3v) is 2.99. The van der Waals surface area contributed by atoms with Crippen LogP contribution in [0.5, 0.6) is 5.75 Å². The maximum atomic E-state index is 11.9. The molecule has 9 nitrogen and oxygen atoms in total. The average molecular weight is 322 g/mol. The third kappa shape index (κ3) is 5.02. The summed E-state index contributed by atoms with van der Waals surface area (Å²) in [5.74, 6) is -0.0645. The quantitative estimate of drug-likeness (QED) is 0.519. The van der Waals surface area contributed by atoms with E-state index in [0.717, 1.165) is 0 Å². The van der Waals surface area contributed by atoms with Gasteiger partial charge in [-0.25, -0.2) is 0 Å². The lowest BCUT2D eigenvalue weighted by Crippen LogP contribution is -2.37. The van der Waals surface area contributed by atoms with Gasteiger partial charge in [0.05, 0.1) is 19.8 Å². The number of phenols is 1. The predicted octanol–water partition coefficient (Wildman–Crippen LogP) is -0.333. The molecule has 1 aromatic carbocycles. The van der Waals surface area contributed by atoms with Gasteiger partial charge in [0.1, 0.15) is 5.75 Å². The van der Waals surface area contributed by atoms with Crippen LogP contribution in [-0.2, 0) is 4.79 Å². The maximum absolute atomic E-state index is 11.9. The highest BCUT2D eigenvalue weighted by atomic mass is 16.4. The Balaban J connectivity index is 1.95. The lowest BCUT2D eigenvalue weighted by Gasteiger charge is -2.18. The van der Waals surface area contributed by atoms with Crippen molar-refractivity contribution in [1.29, 1.82) is 0 Å². The van der Waals surface area contributed by atoms with Crippen LogP contribution in [0.4, 0.5) is 6.01 Å². The highest BCUT2D eigenvalue weighted by Crippen LogP contribution is 2.21. The number of benzene rings is 1. The Morgan fingerprint density at radius 1 is 1.13 bits per heavy atom. The van der Waals surface area contributed by atoms with Crippen LogP contribution in [0.2, 0.25) is 0 Å². The van der Waals surface area contributed by atoms with Gasteiger partial charge in [-0.2, -0.15) is 0 Å². The summed E-state index contributed by atoms with van der Waals surface area (Å²) in [7, 11) is 0. The van der Waals surface area contributed by atoms with E-state index in [-0.39, 0.29) is 50.5 Å². The second kappa shape index (κ2) is 8.22. The molecular weight excluding hydrogens is 304 g/mol. The van der Waals surface area contributed by atoms with E-state index in [4.69, 9.17) is 14.6 Å². The van der Waals surface area contributed by atoms with Crippen LogP contribution in [0.1, 0.15) is 0 Å². The van der Waals surface area contributed by atoms with Gasteiger partial charge in [-0.05, 0) is 24.3 Å². The molecule has 9 heteroatoms. The van der Waals surface area contributed by atoms with Crippen molar-refractivity contribution in [1.82, 2.24) is 15.1 Å². The smallest absolute Gasteiger partial charge is 0.322 e. The summed E-state index contributed by atoms with van der Waals surface area (Å²) in [6, 6.07) is 6.14. The van der Waals surface area contributed by atoms with E-state index in [9.17, 15) is 9.90 Å². The van der Waals surface area contributed by atoms with Crippen molar-refractivity contribution in [2.24, 2.45) is 0 Å². The number of aliphatic hydroxyl groups is 2. The van der Waals surface area contributed by atoms with Crippen LogP contribution in [0.25, 0.3) is 11.5 Å². The Hall–Kier alpha value is -2.49. The normalized spacial score (nSPS) is 10.9. The summed E-state index contributed by atoms with van der Waals surface area (Å²) >= 11 is 0. The Labute approximate surface area is 132 Å². The first kappa shape index (κ1) is 16.9. The van der Waals surface area contributed by atoms with Gasteiger partial charge >= 0.3 is 6.01 Å². The Morgan fingerprint density at radius 2 is 1.78 bits per heavy atom. The molecule has 0 unspecified atom stereocenters. The van der Waals surface area contributed by atoms with Crippen LogP contribution < -0.4 is 5.32 Å². The van der Waals surface area contributed by atoms with E-state index in [1.807, 2.05) is 0 Å². The zero-order chi connectivity index (χ0) is 16.7. The number of amides is 1. The van der Waals surface area contributed by atoms with Crippen LogP contribution in [0.3, 0.4) is 0 Å². The summed E-state index contributed by atoms with van der Waals surface area (Å²) in [6.07, 6.45) is 0. The Bertz CT molecular complexity index is 622. The molecule has 0 radical (unpaired) electrons. The molecule has 0 spiro atoms. The summed E-state index contributed by atoms with van der Waals surface area (Å²) < 4.78 is 5.33. The van der Waals surface area contributed by atoms with Gasteiger partial charge in [0.25, 0.3) is 0 Å². The molecule has 2 rings (SSSR count). The van der Waals surface area contributed by atoms with Gasteiger partial charge < -0.3 is 19.7 Å². The molecule has 0 saturated heterocycles. The molecule has 2 aromatic rings. The highest BCUT2D eigenvalue weighted by Gasteiger charge is 2.14. The molecule has 1 amide bonds. The van der Waals surface area contributed by atoms with Crippen molar-refractivity contribution < 1.29 is 24.5 Å². The van der Waals surface area contributed by atoms with E-state index in [1.54, 1.807) is 17.0 Å². The van der Waals surface area contributed by atoms with Crippen molar-refractivity contribution in [3.63, 3.8) is 0 Å². The van der Waals surface area contributed by atoms with Crippen molar-refractivity contribution in [2.75, 3.05) is 38.2 Å². The molecule has 1 aromatic heterocycles.